The van der Waals surface area contributed by atoms with Gasteiger partial charge in [0, 0.05) is 10.0 Å². The van der Waals surface area contributed by atoms with Crippen LogP contribution in [0.5, 0.6) is 0 Å². The number of hydrogen-bond donors (Lipinski definition) is 0. The Morgan fingerprint density at radius 3 is 2.94 bits per heavy atom. The lowest BCUT2D eigenvalue weighted by atomic mass is 10.1. The van der Waals surface area contributed by atoms with Gasteiger partial charge in [0.05, 0.1) is 10.2 Å². The topological polar surface area (TPSA) is 12.9 Å². The van der Waals surface area contributed by atoms with Gasteiger partial charge in [0.2, 0.25) is 0 Å². The number of benzene rings is 1. The summed E-state index contributed by atoms with van der Waals surface area (Å²) < 4.78 is 2.28. The molecule has 0 atom stereocenters. The average Bonchev–Trinajstić information content (AvgIpc) is 2.72. The van der Waals surface area contributed by atoms with Crippen LogP contribution in [0.2, 0.25) is 0 Å². The summed E-state index contributed by atoms with van der Waals surface area (Å²) in [5.41, 5.74) is 3.36. The zero-order chi connectivity index (χ0) is 12.4. The molecule has 0 fully saturated rings. The van der Waals surface area contributed by atoms with Crippen molar-refractivity contribution in [2.45, 2.75) is 20.3 Å². The number of hydrogen-bond acceptors (Lipinski definition) is 2. The minimum absolute atomic E-state index is 0.958. The number of aromatic nitrogens is 1. The van der Waals surface area contributed by atoms with Crippen LogP contribution in [-0.4, -0.2) is 4.98 Å². The van der Waals surface area contributed by atoms with Crippen LogP contribution < -0.4 is 0 Å². The smallest absolute Gasteiger partial charge is 0.124 e. The van der Waals surface area contributed by atoms with Crippen molar-refractivity contribution in [1.29, 1.82) is 0 Å². The Bertz CT molecular complexity index is 595. The SMILES string of the molecule is C=C(CC)/C(=C\C)c1nc2cc(Br)ccc2s1. The highest BCUT2D eigenvalue weighted by Gasteiger charge is 2.10. The van der Waals surface area contributed by atoms with Crippen molar-refractivity contribution in [3.8, 4) is 0 Å². The van der Waals surface area contributed by atoms with Crippen LogP contribution in [0.25, 0.3) is 15.8 Å². The third kappa shape index (κ3) is 2.50. The molecule has 3 heteroatoms. The first-order chi connectivity index (χ1) is 8.15. The first-order valence-corrected chi connectivity index (χ1v) is 7.17. The van der Waals surface area contributed by atoms with Gasteiger partial charge < -0.3 is 0 Å². The Labute approximate surface area is 114 Å². The summed E-state index contributed by atoms with van der Waals surface area (Å²) in [6.07, 6.45) is 3.05. The Hall–Kier alpha value is -0.930. The molecule has 0 unspecified atom stereocenters. The minimum atomic E-state index is 0.958. The van der Waals surface area contributed by atoms with Crippen LogP contribution >= 0.6 is 27.3 Å². The summed E-state index contributed by atoms with van der Waals surface area (Å²) in [7, 11) is 0. The molecular weight excluding hydrogens is 294 g/mol. The first kappa shape index (κ1) is 12.5. The van der Waals surface area contributed by atoms with Crippen molar-refractivity contribution in [3.05, 3.63) is 45.9 Å². The van der Waals surface area contributed by atoms with Gasteiger partial charge in [-0.15, -0.1) is 11.3 Å². The quantitative estimate of drug-likeness (QED) is 0.689. The molecule has 0 aliphatic carbocycles. The lowest BCUT2D eigenvalue weighted by Crippen LogP contribution is -1.86. The van der Waals surface area contributed by atoms with Crippen molar-refractivity contribution in [3.63, 3.8) is 0 Å². The molecule has 0 N–H and O–H groups in total. The molecule has 0 saturated carbocycles. The van der Waals surface area contributed by atoms with E-state index in [0.29, 0.717) is 0 Å². The minimum Gasteiger partial charge on any atom is -0.236 e. The molecule has 2 rings (SSSR count). The van der Waals surface area contributed by atoms with E-state index in [2.05, 4.69) is 52.6 Å². The number of allylic oxidation sites excluding steroid dienone is 3. The largest absolute Gasteiger partial charge is 0.236 e. The average molecular weight is 308 g/mol. The standard InChI is InChI=1S/C14H14BrNS/c1-4-9(3)11(5-2)14-16-12-8-10(15)6-7-13(12)17-14/h5-8H,3-4H2,1-2H3/b11-5+. The van der Waals surface area contributed by atoms with Crippen LogP contribution in [0.1, 0.15) is 25.3 Å². The van der Waals surface area contributed by atoms with Crippen molar-refractivity contribution >= 4 is 43.1 Å². The van der Waals surface area contributed by atoms with Gasteiger partial charge in [-0.25, -0.2) is 4.98 Å². The Kier molecular flexibility index (Phi) is 3.79. The zero-order valence-corrected chi connectivity index (χ0v) is 12.4. The van der Waals surface area contributed by atoms with E-state index in [4.69, 9.17) is 0 Å². The summed E-state index contributed by atoms with van der Waals surface area (Å²) in [5, 5.41) is 1.06. The van der Waals surface area contributed by atoms with Gasteiger partial charge in [0.15, 0.2) is 0 Å². The Balaban J connectivity index is 2.52. The van der Waals surface area contributed by atoms with Crippen LogP contribution in [-0.2, 0) is 0 Å². The highest BCUT2D eigenvalue weighted by atomic mass is 79.9. The van der Waals surface area contributed by atoms with Crippen molar-refractivity contribution in [2.24, 2.45) is 0 Å². The molecule has 0 radical (unpaired) electrons. The number of thiazole rings is 1. The van der Waals surface area contributed by atoms with Crippen molar-refractivity contribution in [2.75, 3.05) is 0 Å². The number of halogens is 1. The molecule has 2 aromatic rings. The highest BCUT2D eigenvalue weighted by molar-refractivity contribution is 9.10. The lowest BCUT2D eigenvalue weighted by Gasteiger charge is -2.03. The van der Waals surface area contributed by atoms with E-state index in [0.717, 1.165) is 27.0 Å². The van der Waals surface area contributed by atoms with E-state index in [1.165, 1.54) is 10.3 Å². The van der Waals surface area contributed by atoms with E-state index < -0.39 is 0 Å². The molecule has 1 nitrogen and oxygen atoms in total. The second-order valence-electron chi connectivity index (χ2n) is 3.79. The molecule has 0 spiro atoms. The van der Waals surface area contributed by atoms with Gasteiger partial charge in [-0.2, -0.15) is 0 Å². The van der Waals surface area contributed by atoms with E-state index >= 15 is 0 Å². The molecule has 17 heavy (non-hydrogen) atoms. The molecular formula is C14H14BrNS. The lowest BCUT2D eigenvalue weighted by molar-refractivity contribution is 1.16. The second-order valence-corrected chi connectivity index (χ2v) is 5.74. The first-order valence-electron chi connectivity index (χ1n) is 5.56. The predicted molar refractivity (Wildman–Crippen MR) is 80.4 cm³/mol. The molecule has 1 heterocycles. The highest BCUT2D eigenvalue weighted by Crippen LogP contribution is 2.32. The molecule has 1 aromatic heterocycles. The van der Waals surface area contributed by atoms with Crippen molar-refractivity contribution in [1.82, 2.24) is 4.98 Å². The van der Waals surface area contributed by atoms with Crippen LogP contribution in [0.4, 0.5) is 0 Å². The van der Waals surface area contributed by atoms with E-state index in [1.807, 2.05) is 13.0 Å². The summed E-state index contributed by atoms with van der Waals surface area (Å²) in [6.45, 7) is 8.26. The fraction of sp³-hybridized carbons (Fsp3) is 0.214. The molecule has 0 amide bonds. The van der Waals surface area contributed by atoms with Gasteiger partial charge in [-0.3, -0.25) is 0 Å². The number of rotatable bonds is 3. The molecule has 88 valence electrons. The normalized spacial score (nSPS) is 12.1. The Morgan fingerprint density at radius 1 is 1.53 bits per heavy atom. The Morgan fingerprint density at radius 2 is 2.29 bits per heavy atom. The van der Waals surface area contributed by atoms with Crippen LogP contribution in [0.15, 0.2) is 40.9 Å². The summed E-state index contributed by atoms with van der Waals surface area (Å²) in [5.74, 6) is 0. The van der Waals surface area contributed by atoms with Crippen LogP contribution in [0.3, 0.4) is 0 Å². The van der Waals surface area contributed by atoms with Gasteiger partial charge in [-0.05, 0) is 37.1 Å². The molecule has 0 saturated heterocycles. The van der Waals surface area contributed by atoms with E-state index in [-0.39, 0.29) is 0 Å². The second kappa shape index (κ2) is 5.15. The van der Waals surface area contributed by atoms with Gasteiger partial charge in [0.1, 0.15) is 5.01 Å². The fourth-order valence-corrected chi connectivity index (χ4v) is 3.10. The maximum Gasteiger partial charge on any atom is 0.124 e. The maximum atomic E-state index is 4.67. The van der Waals surface area contributed by atoms with Gasteiger partial charge >= 0.3 is 0 Å². The van der Waals surface area contributed by atoms with Gasteiger partial charge in [0.25, 0.3) is 0 Å². The van der Waals surface area contributed by atoms with E-state index in [1.54, 1.807) is 11.3 Å². The number of nitrogens with zero attached hydrogens (tertiary/aromatic N) is 1. The van der Waals surface area contributed by atoms with E-state index in [9.17, 15) is 0 Å². The molecule has 0 bridgehead atoms. The molecule has 1 aromatic carbocycles. The number of fused-ring (bicyclic) bond motifs is 1. The monoisotopic (exact) mass is 307 g/mol. The maximum absolute atomic E-state index is 4.67. The fourth-order valence-electron chi connectivity index (χ4n) is 1.69. The molecule has 0 aliphatic rings. The zero-order valence-electron chi connectivity index (χ0n) is 9.96. The summed E-state index contributed by atoms with van der Waals surface area (Å²) >= 11 is 5.19. The third-order valence-electron chi connectivity index (χ3n) is 2.68. The summed E-state index contributed by atoms with van der Waals surface area (Å²) in [6, 6.07) is 6.20. The predicted octanol–water partition coefficient (Wildman–Crippen LogP) is 5.43. The van der Waals surface area contributed by atoms with Crippen molar-refractivity contribution < 1.29 is 0 Å². The van der Waals surface area contributed by atoms with Crippen LogP contribution in [0, 0.1) is 0 Å². The summed E-state index contributed by atoms with van der Waals surface area (Å²) in [4.78, 5) is 4.67. The van der Waals surface area contributed by atoms with Gasteiger partial charge in [-0.1, -0.05) is 35.5 Å². The molecule has 0 aliphatic heterocycles. The third-order valence-corrected chi connectivity index (χ3v) is 4.24.